The summed E-state index contributed by atoms with van der Waals surface area (Å²) in [4.78, 5) is 5.30. The van der Waals surface area contributed by atoms with E-state index >= 15 is 0 Å². The van der Waals surface area contributed by atoms with Gasteiger partial charge in [-0.25, -0.2) is 0 Å². The SMILES string of the molecule is Cc1cccc(C2N=CCC=C2C2CCC(=N)C(=S)N2)c1. The molecule has 0 radical (unpaired) electrons. The molecule has 21 heavy (non-hydrogen) atoms. The summed E-state index contributed by atoms with van der Waals surface area (Å²) in [7, 11) is 0. The molecule has 1 saturated heterocycles. The van der Waals surface area contributed by atoms with Crippen molar-refractivity contribution in [3.05, 3.63) is 47.0 Å². The molecular weight excluding hydrogens is 278 g/mol. The van der Waals surface area contributed by atoms with Crippen LogP contribution in [0.15, 0.2) is 40.9 Å². The lowest BCUT2D eigenvalue weighted by Crippen LogP contribution is -2.45. The third-order valence-electron chi connectivity index (χ3n) is 4.05. The van der Waals surface area contributed by atoms with Crippen LogP contribution in [-0.4, -0.2) is 23.0 Å². The summed E-state index contributed by atoms with van der Waals surface area (Å²) in [5.74, 6) is 0. The van der Waals surface area contributed by atoms with E-state index in [2.05, 4.69) is 42.6 Å². The fraction of sp³-hybridized carbons (Fsp3) is 0.353. The van der Waals surface area contributed by atoms with Crippen LogP contribution >= 0.6 is 12.2 Å². The molecule has 1 aromatic rings. The van der Waals surface area contributed by atoms with E-state index in [1.165, 1.54) is 16.7 Å². The van der Waals surface area contributed by atoms with Crippen LogP contribution in [0.25, 0.3) is 0 Å². The van der Waals surface area contributed by atoms with E-state index in [9.17, 15) is 0 Å². The van der Waals surface area contributed by atoms with Crippen molar-refractivity contribution in [1.82, 2.24) is 5.32 Å². The molecule has 0 bridgehead atoms. The standard InChI is InChI=1S/C17H19N3S/c1-11-4-2-5-12(10-11)16-13(6-3-9-19-16)15-8-7-14(18)17(21)20-15/h2,4-6,9-10,15-16,18H,3,7-8H2,1H3,(H,20,21). The van der Waals surface area contributed by atoms with Crippen molar-refractivity contribution >= 4 is 29.1 Å². The maximum Gasteiger partial charge on any atom is 0.120 e. The van der Waals surface area contributed by atoms with Crippen LogP contribution in [0, 0.1) is 12.3 Å². The monoisotopic (exact) mass is 297 g/mol. The van der Waals surface area contributed by atoms with Crippen LogP contribution in [0.2, 0.25) is 0 Å². The molecule has 4 heteroatoms. The first-order chi connectivity index (χ1) is 10.1. The van der Waals surface area contributed by atoms with Crippen molar-refractivity contribution in [3.63, 3.8) is 0 Å². The highest BCUT2D eigenvalue weighted by Crippen LogP contribution is 2.33. The molecule has 2 unspecified atom stereocenters. The molecule has 2 heterocycles. The number of hydrogen-bond donors (Lipinski definition) is 2. The van der Waals surface area contributed by atoms with Crippen molar-refractivity contribution in [2.75, 3.05) is 0 Å². The Morgan fingerprint density at radius 3 is 3.00 bits per heavy atom. The molecule has 3 nitrogen and oxygen atoms in total. The molecule has 2 aliphatic rings. The first-order valence-corrected chi connectivity index (χ1v) is 7.72. The van der Waals surface area contributed by atoms with Gasteiger partial charge in [-0.15, -0.1) is 0 Å². The maximum absolute atomic E-state index is 7.79. The molecule has 1 aromatic carbocycles. The van der Waals surface area contributed by atoms with Crippen molar-refractivity contribution in [2.24, 2.45) is 4.99 Å². The Morgan fingerprint density at radius 2 is 2.24 bits per heavy atom. The molecule has 2 atom stereocenters. The number of piperidine rings is 1. The van der Waals surface area contributed by atoms with Gasteiger partial charge in [-0.05, 0) is 30.9 Å². The van der Waals surface area contributed by atoms with Crippen LogP contribution < -0.4 is 5.32 Å². The van der Waals surface area contributed by atoms with Crippen LogP contribution in [0.3, 0.4) is 0 Å². The zero-order valence-corrected chi connectivity index (χ0v) is 12.9. The lowest BCUT2D eigenvalue weighted by atomic mass is 9.86. The molecule has 0 saturated carbocycles. The predicted molar refractivity (Wildman–Crippen MR) is 91.6 cm³/mol. The Bertz CT molecular complexity index is 645. The lowest BCUT2D eigenvalue weighted by Gasteiger charge is -2.32. The smallest absolute Gasteiger partial charge is 0.120 e. The van der Waals surface area contributed by atoms with Gasteiger partial charge in [-0.3, -0.25) is 4.99 Å². The van der Waals surface area contributed by atoms with E-state index in [-0.39, 0.29) is 12.1 Å². The summed E-state index contributed by atoms with van der Waals surface area (Å²) in [5, 5.41) is 11.1. The van der Waals surface area contributed by atoms with Crippen LogP contribution in [0.4, 0.5) is 0 Å². The Kier molecular flexibility index (Phi) is 3.97. The number of nitrogens with one attached hydrogen (secondary N) is 2. The van der Waals surface area contributed by atoms with Gasteiger partial charge in [0.2, 0.25) is 0 Å². The number of aryl methyl sites for hydroxylation is 1. The van der Waals surface area contributed by atoms with Crippen LogP contribution in [0.5, 0.6) is 0 Å². The number of hydrogen-bond acceptors (Lipinski definition) is 3. The Labute approximate surface area is 130 Å². The van der Waals surface area contributed by atoms with Gasteiger partial charge in [0.15, 0.2) is 0 Å². The molecule has 108 valence electrons. The summed E-state index contributed by atoms with van der Waals surface area (Å²) in [6, 6.07) is 8.80. The van der Waals surface area contributed by atoms with Crippen molar-refractivity contribution in [1.29, 1.82) is 5.41 Å². The molecule has 0 amide bonds. The highest BCUT2D eigenvalue weighted by atomic mass is 32.1. The summed E-state index contributed by atoms with van der Waals surface area (Å²) in [5.41, 5.74) is 4.32. The molecule has 0 spiro atoms. The molecule has 2 N–H and O–H groups in total. The fourth-order valence-corrected chi connectivity index (χ4v) is 3.22. The Balaban J connectivity index is 1.88. The van der Waals surface area contributed by atoms with Gasteiger partial charge in [0.05, 0.1) is 17.8 Å². The number of rotatable bonds is 2. The van der Waals surface area contributed by atoms with Gasteiger partial charge in [-0.1, -0.05) is 48.1 Å². The predicted octanol–water partition coefficient (Wildman–Crippen LogP) is 3.54. The summed E-state index contributed by atoms with van der Waals surface area (Å²) >= 11 is 5.25. The van der Waals surface area contributed by atoms with E-state index in [1.54, 1.807) is 0 Å². The Morgan fingerprint density at radius 1 is 1.38 bits per heavy atom. The molecule has 3 rings (SSSR count). The van der Waals surface area contributed by atoms with Gasteiger partial charge in [0, 0.05) is 12.6 Å². The van der Waals surface area contributed by atoms with E-state index in [0.29, 0.717) is 10.7 Å². The average molecular weight is 297 g/mol. The van der Waals surface area contributed by atoms with Crippen molar-refractivity contribution in [3.8, 4) is 0 Å². The van der Waals surface area contributed by atoms with Crippen molar-refractivity contribution < 1.29 is 0 Å². The largest absolute Gasteiger partial charge is 0.368 e. The van der Waals surface area contributed by atoms with Gasteiger partial charge in [0.25, 0.3) is 0 Å². The molecule has 0 aliphatic carbocycles. The minimum Gasteiger partial charge on any atom is -0.368 e. The zero-order chi connectivity index (χ0) is 14.8. The molecule has 2 aliphatic heterocycles. The normalized spacial score (nSPS) is 25.5. The number of dihydropyridines is 1. The average Bonchev–Trinajstić information content (AvgIpc) is 2.50. The molecule has 0 aromatic heterocycles. The number of thiocarbonyl (C=S) groups is 1. The zero-order valence-electron chi connectivity index (χ0n) is 12.1. The minimum atomic E-state index is 0.0752. The van der Waals surface area contributed by atoms with Gasteiger partial charge >= 0.3 is 0 Å². The third kappa shape index (κ3) is 2.95. The van der Waals surface area contributed by atoms with E-state index < -0.39 is 0 Å². The first-order valence-electron chi connectivity index (χ1n) is 7.31. The number of allylic oxidation sites excluding steroid dienone is 1. The lowest BCUT2D eigenvalue weighted by molar-refractivity contribution is 0.586. The summed E-state index contributed by atoms with van der Waals surface area (Å²) < 4.78 is 0. The maximum atomic E-state index is 7.79. The minimum absolute atomic E-state index is 0.0752. The number of aliphatic imine (C=N–C) groups is 1. The third-order valence-corrected chi connectivity index (χ3v) is 4.42. The van der Waals surface area contributed by atoms with E-state index in [1.807, 2.05) is 6.21 Å². The second-order valence-electron chi connectivity index (χ2n) is 5.63. The molecule has 1 fully saturated rings. The van der Waals surface area contributed by atoms with Crippen molar-refractivity contribution in [2.45, 2.75) is 38.3 Å². The van der Waals surface area contributed by atoms with Crippen LogP contribution in [0.1, 0.15) is 36.4 Å². The quantitative estimate of drug-likeness (QED) is 0.648. The molecular formula is C17H19N3S. The topological polar surface area (TPSA) is 48.2 Å². The first kappa shape index (κ1) is 14.1. The second-order valence-corrected chi connectivity index (χ2v) is 6.04. The number of benzene rings is 1. The van der Waals surface area contributed by atoms with Crippen LogP contribution in [-0.2, 0) is 0 Å². The summed E-state index contributed by atoms with van der Waals surface area (Å²) in [6.07, 6.45) is 6.79. The van der Waals surface area contributed by atoms with Gasteiger partial charge in [-0.2, -0.15) is 0 Å². The van der Waals surface area contributed by atoms with E-state index in [4.69, 9.17) is 22.6 Å². The highest BCUT2D eigenvalue weighted by Gasteiger charge is 2.29. The summed E-state index contributed by atoms with van der Waals surface area (Å²) in [6.45, 7) is 2.11. The Hall–Kier alpha value is -1.81. The fourth-order valence-electron chi connectivity index (χ4n) is 2.97. The van der Waals surface area contributed by atoms with E-state index in [0.717, 1.165) is 19.3 Å². The highest BCUT2D eigenvalue weighted by molar-refractivity contribution is 7.82. The van der Waals surface area contributed by atoms with Gasteiger partial charge in [0.1, 0.15) is 4.99 Å². The number of nitrogens with zero attached hydrogens (tertiary/aromatic N) is 1. The second kappa shape index (κ2) is 5.90. The van der Waals surface area contributed by atoms with Gasteiger partial charge < -0.3 is 10.7 Å².